The molecule has 2 heteroatoms. The lowest BCUT2D eigenvalue weighted by atomic mass is 9.72. The Labute approximate surface area is 118 Å². The quantitative estimate of drug-likeness (QED) is 0.756. The summed E-state index contributed by atoms with van der Waals surface area (Å²) in [5.41, 5.74) is 1.54. The van der Waals surface area contributed by atoms with E-state index in [-0.39, 0.29) is 11.2 Å². The van der Waals surface area contributed by atoms with E-state index in [2.05, 4.69) is 0 Å². The zero-order valence-corrected chi connectivity index (χ0v) is 11.3. The summed E-state index contributed by atoms with van der Waals surface area (Å²) in [6.07, 6.45) is 1.13. The Hall–Kier alpha value is -1.60. The number of benzene rings is 2. The van der Waals surface area contributed by atoms with Crippen molar-refractivity contribution in [2.45, 2.75) is 23.6 Å². The summed E-state index contributed by atoms with van der Waals surface area (Å²) >= 11 is 6.27. The molecule has 0 bridgehead atoms. The van der Waals surface area contributed by atoms with Gasteiger partial charge in [0.25, 0.3) is 0 Å². The molecule has 0 aliphatic heterocycles. The smallest absolute Gasteiger partial charge is 0.149 e. The molecule has 1 atom stereocenters. The van der Waals surface area contributed by atoms with Crippen molar-refractivity contribution >= 4 is 17.4 Å². The maximum absolute atomic E-state index is 12.6. The molecule has 2 aromatic rings. The van der Waals surface area contributed by atoms with E-state index in [1.54, 1.807) is 0 Å². The van der Waals surface area contributed by atoms with Crippen molar-refractivity contribution in [1.82, 2.24) is 0 Å². The SMILES string of the molecule is O=C1CC(Cl)CC1(c1ccccc1)c1ccccc1. The lowest BCUT2D eigenvalue weighted by molar-refractivity contribution is -0.120. The molecular formula is C17H15ClO. The molecular weight excluding hydrogens is 256 g/mol. The van der Waals surface area contributed by atoms with Gasteiger partial charge in [0.2, 0.25) is 0 Å². The van der Waals surface area contributed by atoms with Gasteiger partial charge < -0.3 is 0 Å². The normalized spacial score (nSPS) is 21.5. The van der Waals surface area contributed by atoms with Crippen LogP contribution in [0.25, 0.3) is 0 Å². The van der Waals surface area contributed by atoms with Crippen molar-refractivity contribution in [1.29, 1.82) is 0 Å². The van der Waals surface area contributed by atoms with Gasteiger partial charge in [0.1, 0.15) is 5.78 Å². The second kappa shape index (κ2) is 4.82. The van der Waals surface area contributed by atoms with E-state index in [0.717, 1.165) is 11.1 Å². The Balaban J connectivity index is 2.20. The number of carbonyl (C=O) groups is 1. The molecule has 0 spiro atoms. The third kappa shape index (κ3) is 1.98. The predicted molar refractivity (Wildman–Crippen MR) is 77.5 cm³/mol. The van der Waals surface area contributed by atoms with Crippen LogP contribution in [0, 0.1) is 0 Å². The van der Waals surface area contributed by atoms with E-state index in [1.807, 2.05) is 60.7 Å². The second-order valence-electron chi connectivity index (χ2n) is 5.07. The van der Waals surface area contributed by atoms with Crippen LogP contribution >= 0.6 is 11.6 Å². The van der Waals surface area contributed by atoms with Crippen molar-refractivity contribution in [3.63, 3.8) is 0 Å². The molecule has 1 aliphatic carbocycles. The van der Waals surface area contributed by atoms with Crippen LogP contribution < -0.4 is 0 Å². The highest BCUT2D eigenvalue weighted by atomic mass is 35.5. The summed E-state index contributed by atoms with van der Waals surface area (Å²) in [4.78, 5) is 12.6. The van der Waals surface area contributed by atoms with Crippen LogP contribution in [0.4, 0.5) is 0 Å². The van der Waals surface area contributed by atoms with Gasteiger partial charge in [0, 0.05) is 11.8 Å². The van der Waals surface area contributed by atoms with Gasteiger partial charge in [-0.1, -0.05) is 60.7 Å². The molecule has 19 heavy (non-hydrogen) atoms. The summed E-state index contributed by atoms with van der Waals surface area (Å²) < 4.78 is 0. The maximum atomic E-state index is 12.6. The fourth-order valence-electron chi connectivity index (χ4n) is 3.06. The highest BCUT2D eigenvalue weighted by molar-refractivity contribution is 6.23. The Morgan fingerprint density at radius 2 is 1.37 bits per heavy atom. The average molecular weight is 271 g/mol. The highest BCUT2D eigenvalue weighted by Crippen LogP contribution is 2.45. The molecule has 0 heterocycles. The highest BCUT2D eigenvalue weighted by Gasteiger charge is 2.48. The van der Waals surface area contributed by atoms with Crippen molar-refractivity contribution in [2.75, 3.05) is 0 Å². The number of carbonyl (C=O) groups excluding carboxylic acids is 1. The molecule has 1 aliphatic rings. The molecule has 3 rings (SSSR count). The fourth-order valence-corrected chi connectivity index (χ4v) is 3.43. The van der Waals surface area contributed by atoms with Gasteiger partial charge in [-0.3, -0.25) is 4.79 Å². The van der Waals surface area contributed by atoms with E-state index in [9.17, 15) is 4.79 Å². The van der Waals surface area contributed by atoms with Gasteiger partial charge in [-0.05, 0) is 17.5 Å². The van der Waals surface area contributed by atoms with Crippen LogP contribution in [0.1, 0.15) is 24.0 Å². The summed E-state index contributed by atoms with van der Waals surface area (Å²) in [7, 11) is 0. The van der Waals surface area contributed by atoms with Gasteiger partial charge in [-0.15, -0.1) is 11.6 Å². The van der Waals surface area contributed by atoms with Gasteiger partial charge in [0.05, 0.1) is 5.41 Å². The standard InChI is InChI=1S/C17H15ClO/c18-15-11-16(19)17(12-15,13-7-3-1-4-8-13)14-9-5-2-6-10-14/h1-10,15H,11-12H2. The van der Waals surface area contributed by atoms with Crippen molar-refractivity contribution in [3.8, 4) is 0 Å². The molecule has 2 aromatic carbocycles. The second-order valence-corrected chi connectivity index (χ2v) is 5.68. The Kier molecular flexibility index (Phi) is 3.16. The maximum Gasteiger partial charge on any atom is 0.149 e. The molecule has 0 radical (unpaired) electrons. The first-order chi connectivity index (χ1) is 9.23. The van der Waals surface area contributed by atoms with Crippen molar-refractivity contribution in [3.05, 3.63) is 71.8 Å². The Morgan fingerprint density at radius 1 is 0.895 bits per heavy atom. The number of Topliss-reactive ketones (excluding diaryl/α,β-unsaturated/α-hetero) is 1. The van der Waals surface area contributed by atoms with Crippen LogP contribution in [0.15, 0.2) is 60.7 Å². The molecule has 0 saturated heterocycles. The lowest BCUT2D eigenvalue weighted by Gasteiger charge is -2.28. The zero-order valence-electron chi connectivity index (χ0n) is 10.6. The third-order valence-corrected chi connectivity index (χ3v) is 4.25. The number of rotatable bonds is 2. The summed E-state index contributed by atoms with van der Waals surface area (Å²) in [5.74, 6) is 0.227. The Bertz CT molecular complexity index is 537. The van der Waals surface area contributed by atoms with E-state index in [0.29, 0.717) is 12.8 Å². The van der Waals surface area contributed by atoms with Crippen LogP contribution in [0.2, 0.25) is 0 Å². The number of alkyl halides is 1. The summed E-state index contributed by atoms with van der Waals surface area (Å²) in [6, 6.07) is 20.0. The zero-order chi connectivity index (χ0) is 13.3. The number of ketones is 1. The molecule has 0 N–H and O–H groups in total. The topological polar surface area (TPSA) is 17.1 Å². The van der Waals surface area contributed by atoms with E-state index in [4.69, 9.17) is 11.6 Å². The van der Waals surface area contributed by atoms with E-state index < -0.39 is 5.41 Å². The van der Waals surface area contributed by atoms with Crippen LogP contribution in [-0.4, -0.2) is 11.2 Å². The number of hydrogen-bond donors (Lipinski definition) is 0. The first-order valence-corrected chi connectivity index (χ1v) is 6.95. The number of hydrogen-bond acceptors (Lipinski definition) is 1. The van der Waals surface area contributed by atoms with Gasteiger partial charge in [-0.2, -0.15) is 0 Å². The molecule has 1 fully saturated rings. The van der Waals surface area contributed by atoms with Crippen molar-refractivity contribution < 1.29 is 4.79 Å². The van der Waals surface area contributed by atoms with E-state index in [1.165, 1.54) is 0 Å². The minimum atomic E-state index is -0.561. The Morgan fingerprint density at radius 3 is 1.74 bits per heavy atom. The van der Waals surface area contributed by atoms with Gasteiger partial charge >= 0.3 is 0 Å². The molecule has 1 unspecified atom stereocenters. The average Bonchev–Trinajstić information content (AvgIpc) is 2.76. The monoisotopic (exact) mass is 270 g/mol. The molecule has 0 amide bonds. The van der Waals surface area contributed by atoms with Crippen LogP contribution in [0.3, 0.4) is 0 Å². The largest absolute Gasteiger partial charge is 0.298 e. The minimum absolute atomic E-state index is 0.0760. The summed E-state index contributed by atoms with van der Waals surface area (Å²) in [5, 5.41) is -0.0760. The summed E-state index contributed by atoms with van der Waals surface area (Å²) in [6.45, 7) is 0. The minimum Gasteiger partial charge on any atom is -0.298 e. The third-order valence-electron chi connectivity index (χ3n) is 3.94. The van der Waals surface area contributed by atoms with Crippen LogP contribution in [0.5, 0.6) is 0 Å². The molecule has 96 valence electrons. The molecule has 0 aromatic heterocycles. The molecule has 1 saturated carbocycles. The first kappa shape index (κ1) is 12.4. The molecule has 1 nitrogen and oxygen atoms in total. The van der Waals surface area contributed by atoms with E-state index >= 15 is 0 Å². The first-order valence-electron chi connectivity index (χ1n) is 6.52. The fraction of sp³-hybridized carbons (Fsp3) is 0.235. The predicted octanol–water partition coefficient (Wildman–Crippen LogP) is 3.94. The van der Waals surface area contributed by atoms with Crippen molar-refractivity contribution in [2.24, 2.45) is 0 Å². The van der Waals surface area contributed by atoms with Crippen LogP contribution in [-0.2, 0) is 10.2 Å². The lowest BCUT2D eigenvalue weighted by Crippen LogP contribution is -2.32. The number of halogens is 1. The van der Waals surface area contributed by atoms with Gasteiger partial charge in [-0.25, -0.2) is 0 Å². The van der Waals surface area contributed by atoms with Gasteiger partial charge in [0.15, 0.2) is 0 Å².